The highest BCUT2D eigenvalue weighted by molar-refractivity contribution is 5.98. The first-order valence-electron chi connectivity index (χ1n) is 13.6. The van der Waals surface area contributed by atoms with E-state index in [9.17, 15) is 4.79 Å². The number of carbonyl (C=O) groups excluding carboxylic acids is 1. The maximum absolute atomic E-state index is 13.0. The molecule has 10 nitrogen and oxygen atoms in total. The standard InChI is InChI=1S/C30H33N7O3/c1-35(23-18-39-19-23)15-6-10-26(38)36-16-5-7-22(17-36)37-30-27(29(31)32-20-33-30)28(34-37)21-11-13-25(14-12-21)40-24-8-3-2-4-9-24/h2-4,6,8-14,20,22-23H,5,7,15-19H2,1H3,(H2,31,32,33)/b10-6+. The lowest BCUT2D eigenvalue weighted by Gasteiger charge is -2.34. The fraction of sp³-hybridized carbons (Fsp3) is 0.333. The number of aromatic nitrogens is 4. The third-order valence-corrected chi connectivity index (χ3v) is 7.58. The summed E-state index contributed by atoms with van der Waals surface area (Å²) >= 11 is 0. The highest BCUT2D eigenvalue weighted by Gasteiger charge is 2.28. The number of likely N-dealkylation sites (tertiary alicyclic amines) is 1. The van der Waals surface area contributed by atoms with Crippen molar-refractivity contribution in [3.8, 4) is 22.8 Å². The van der Waals surface area contributed by atoms with Gasteiger partial charge in [-0.3, -0.25) is 9.69 Å². The Morgan fingerprint density at radius 2 is 1.90 bits per heavy atom. The molecule has 6 rings (SSSR count). The Labute approximate surface area is 233 Å². The summed E-state index contributed by atoms with van der Waals surface area (Å²) in [5.41, 5.74) is 8.62. The number of nitrogens with zero attached hydrogens (tertiary/aromatic N) is 6. The van der Waals surface area contributed by atoms with Crippen LogP contribution in [0.3, 0.4) is 0 Å². The predicted molar refractivity (Wildman–Crippen MR) is 153 cm³/mol. The van der Waals surface area contributed by atoms with Crippen LogP contribution in [0.5, 0.6) is 11.5 Å². The number of benzene rings is 2. The van der Waals surface area contributed by atoms with E-state index in [-0.39, 0.29) is 11.9 Å². The fourth-order valence-corrected chi connectivity index (χ4v) is 5.16. The van der Waals surface area contributed by atoms with Crippen molar-refractivity contribution in [2.45, 2.75) is 24.9 Å². The van der Waals surface area contributed by atoms with Gasteiger partial charge >= 0.3 is 0 Å². The van der Waals surface area contributed by atoms with E-state index >= 15 is 0 Å². The van der Waals surface area contributed by atoms with Crippen LogP contribution in [0, 0.1) is 0 Å². The van der Waals surface area contributed by atoms with E-state index in [2.05, 4.69) is 21.9 Å². The molecule has 0 saturated carbocycles. The van der Waals surface area contributed by atoms with Crippen LogP contribution in [0.4, 0.5) is 5.82 Å². The van der Waals surface area contributed by atoms with Crippen LogP contribution in [0.2, 0.25) is 0 Å². The normalized spacial score (nSPS) is 17.9. The van der Waals surface area contributed by atoms with Crippen molar-refractivity contribution >= 4 is 22.8 Å². The number of nitrogen functional groups attached to an aromatic ring is 1. The fourth-order valence-electron chi connectivity index (χ4n) is 5.16. The van der Waals surface area contributed by atoms with Crippen LogP contribution in [0.15, 0.2) is 73.1 Å². The highest BCUT2D eigenvalue weighted by atomic mass is 16.5. The molecular weight excluding hydrogens is 506 g/mol. The minimum atomic E-state index is -0.0212. The summed E-state index contributed by atoms with van der Waals surface area (Å²) in [6, 6.07) is 17.8. The number of fused-ring (bicyclic) bond motifs is 1. The van der Waals surface area contributed by atoms with Crippen molar-refractivity contribution < 1.29 is 14.3 Å². The maximum atomic E-state index is 13.0. The van der Waals surface area contributed by atoms with Gasteiger partial charge < -0.3 is 20.1 Å². The number of anilines is 1. The molecule has 4 heterocycles. The summed E-state index contributed by atoms with van der Waals surface area (Å²) in [5, 5.41) is 5.70. The summed E-state index contributed by atoms with van der Waals surface area (Å²) in [5.74, 6) is 1.89. The lowest BCUT2D eigenvalue weighted by molar-refractivity contribution is -0.127. The maximum Gasteiger partial charge on any atom is 0.246 e. The summed E-state index contributed by atoms with van der Waals surface area (Å²) in [7, 11) is 2.05. The van der Waals surface area contributed by atoms with Gasteiger partial charge in [-0.2, -0.15) is 5.10 Å². The molecule has 0 aliphatic carbocycles. The number of nitrogens with two attached hydrogens (primary N) is 1. The van der Waals surface area contributed by atoms with E-state index in [4.69, 9.17) is 20.3 Å². The lowest BCUT2D eigenvalue weighted by Crippen LogP contribution is -2.47. The summed E-state index contributed by atoms with van der Waals surface area (Å²) in [4.78, 5) is 25.9. The number of hydrogen-bond acceptors (Lipinski definition) is 8. The Kier molecular flexibility index (Phi) is 7.43. The number of piperidine rings is 1. The van der Waals surface area contributed by atoms with Crippen LogP contribution in [-0.2, 0) is 9.53 Å². The third kappa shape index (κ3) is 5.41. The molecule has 2 aromatic carbocycles. The SMILES string of the molecule is CN(C/C=C/C(=O)N1CCCC(n2nc(-c3ccc(Oc4ccccc4)cc3)c3c(N)ncnc32)C1)C1COC1. The second-order valence-corrected chi connectivity index (χ2v) is 10.3. The second kappa shape index (κ2) is 11.4. The first kappa shape index (κ1) is 26.0. The minimum Gasteiger partial charge on any atom is -0.457 e. The molecule has 1 amide bonds. The topological polar surface area (TPSA) is 112 Å². The van der Waals surface area contributed by atoms with Crippen molar-refractivity contribution in [1.82, 2.24) is 29.5 Å². The van der Waals surface area contributed by atoms with Crippen LogP contribution < -0.4 is 10.5 Å². The van der Waals surface area contributed by atoms with Gasteiger partial charge in [-0.15, -0.1) is 0 Å². The molecule has 2 aromatic heterocycles. The quantitative estimate of drug-likeness (QED) is 0.336. The van der Waals surface area contributed by atoms with Gasteiger partial charge in [-0.05, 0) is 56.3 Å². The first-order valence-corrected chi connectivity index (χ1v) is 13.6. The lowest BCUT2D eigenvalue weighted by atomic mass is 10.1. The van der Waals surface area contributed by atoms with Crippen LogP contribution in [0.25, 0.3) is 22.3 Å². The van der Waals surface area contributed by atoms with Gasteiger partial charge in [-0.25, -0.2) is 14.6 Å². The van der Waals surface area contributed by atoms with E-state index in [0.717, 1.165) is 56.2 Å². The molecule has 0 bridgehead atoms. The molecule has 2 saturated heterocycles. The highest BCUT2D eigenvalue weighted by Crippen LogP contribution is 2.35. The number of likely N-dealkylation sites (N-methyl/N-ethyl adjacent to an activating group) is 1. The Hall–Kier alpha value is -4.28. The number of ether oxygens (including phenoxy) is 2. The van der Waals surface area contributed by atoms with Gasteiger partial charge in [0.25, 0.3) is 0 Å². The Bertz CT molecular complexity index is 1500. The smallest absolute Gasteiger partial charge is 0.246 e. The molecule has 2 aliphatic heterocycles. The summed E-state index contributed by atoms with van der Waals surface area (Å²) in [6.07, 6.45) is 6.86. The average Bonchev–Trinajstić information content (AvgIpc) is 3.34. The van der Waals surface area contributed by atoms with E-state index in [1.807, 2.05) is 70.3 Å². The minimum absolute atomic E-state index is 0.0165. The molecule has 206 valence electrons. The molecule has 1 atom stereocenters. The summed E-state index contributed by atoms with van der Waals surface area (Å²) in [6.45, 7) is 3.50. The molecule has 2 N–H and O–H groups in total. The Balaban J connectivity index is 1.21. The van der Waals surface area contributed by atoms with Crippen LogP contribution in [0.1, 0.15) is 18.9 Å². The molecule has 2 fully saturated rings. The average molecular weight is 540 g/mol. The zero-order valence-electron chi connectivity index (χ0n) is 22.5. The zero-order chi connectivity index (χ0) is 27.5. The molecule has 4 aromatic rings. The van der Waals surface area contributed by atoms with E-state index in [0.29, 0.717) is 35.1 Å². The van der Waals surface area contributed by atoms with Crippen LogP contribution in [-0.4, -0.2) is 81.4 Å². The number of para-hydroxylation sites is 1. The Morgan fingerprint density at radius 3 is 2.65 bits per heavy atom. The van der Waals surface area contributed by atoms with Crippen molar-refractivity contribution in [3.05, 3.63) is 73.1 Å². The third-order valence-electron chi connectivity index (χ3n) is 7.58. The Morgan fingerprint density at radius 1 is 1.12 bits per heavy atom. The molecular formula is C30H33N7O3. The van der Waals surface area contributed by atoms with Gasteiger partial charge in [0, 0.05) is 31.3 Å². The van der Waals surface area contributed by atoms with Crippen molar-refractivity contribution in [3.63, 3.8) is 0 Å². The van der Waals surface area contributed by atoms with E-state index in [1.165, 1.54) is 6.33 Å². The molecule has 10 heteroatoms. The zero-order valence-corrected chi connectivity index (χ0v) is 22.5. The van der Waals surface area contributed by atoms with Crippen molar-refractivity contribution in [2.75, 3.05) is 45.6 Å². The summed E-state index contributed by atoms with van der Waals surface area (Å²) < 4.78 is 13.1. The number of amides is 1. The molecule has 0 spiro atoms. The predicted octanol–water partition coefficient (Wildman–Crippen LogP) is 3.92. The largest absolute Gasteiger partial charge is 0.457 e. The van der Waals surface area contributed by atoms with Gasteiger partial charge in [0.1, 0.15) is 29.3 Å². The number of hydrogen-bond donors (Lipinski definition) is 1. The molecule has 2 aliphatic rings. The molecule has 0 radical (unpaired) electrons. The van der Waals surface area contributed by atoms with Crippen molar-refractivity contribution in [2.24, 2.45) is 0 Å². The van der Waals surface area contributed by atoms with Gasteiger partial charge in [0.2, 0.25) is 5.91 Å². The van der Waals surface area contributed by atoms with E-state index in [1.54, 1.807) is 6.08 Å². The van der Waals surface area contributed by atoms with Gasteiger partial charge in [0.05, 0.1) is 30.7 Å². The van der Waals surface area contributed by atoms with Crippen molar-refractivity contribution in [1.29, 1.82) is 0 Å². The van der Waals surface area contributed by atoms with Gasteiger partial charge in [0.15, 0.2) is 5.65 Å². The number of carbonyl (C=O) groups is 1. The van der Waals surface area contributed by atoms with E-state index < -0.39 is 0 Å². The molecule has 40 heavy (non-hydrogen) atoms. The number of rotatable bonds is 8. The second-order valence-electron chi connectivity index (χ2n) is 10.3. The van der Waals surface area contributed by atoms with Gasteiger partial charge in [-0.1, -0.05) is 24.3 Å². The van der Waals surface area contributed by atoms with Crippen LogP contribution >= 0.6 is 0 Å². The first-order chi connectivity index (χ1) is 19.6. The molecule has 1 unspecified atom stereocenters. The monoisotopic (exact) mass is 539 g/mol.